The molecule has 1 heterocycles. The van der Waals surface area contributed by atoms with Gasteiger partial charge in [0.1, 0.15) is 5.54 Å². The summed E-state index contributed by atoms with van der Waals surface area (Å²) in [6.07, 6.45) is 3.84. The Hall–Kier alpha value is -0.625. The van der Waals surface area contributed by atoms with Crippen LogP contribution in [-0.2, 0) is 4.79 Å². The van der Waals surface area contributed by atoms with Crippen LogP contribution in [0.5, 0.6) is 0 Å². The molecule has 0 aromatic rings. The minimum absolute atomic E-state index is 0.0234. The van der Waals surface area contributed by atoms with Crippen molar-refractivity contribution in [1.29, 1.82) is 0 Å². The van der Waals surface area contributed by atoms with Gasteiger partial charge >= 0.3 is 13.1 Å². The average molecular weight is 270 g/mol. The molecule has 6 nitrogen and oxygen atoms in total. The van der Waals surface area contributed by atoms with Gasteiger partial charge < -0.3 is 26.2 Å². The molecule has 1 aliphatic heterocycles. The van der Waals surface area contributed by atoms with Crippen molar-refractivity contribution in [2.24, 2.45) is 17.1 Å². The molecule has 0 amide bonds. The topological polar surface area (TPSA) is 116 Å². The van der Waals surface area contributed by atoms with Crippen molar-refractivity contribution in [3.8, 4) is 0 Å². The molecule has 3 unspecified atom stereocenters. The van der Waals surface area contributed by atoms with Crippen LogP contribution in [0, 0.1) is 11.3 Å². The summed E-state index contributed by atoms with van der Waals surface area (Å²) < 4.78 is 0. The lowest BCUT2D eigenvalue weighted by Crippen LogP contribution is -2.51. The van der Waals surface area contributed by atoms with Crippen molar-refractivity contribution in [2.45, 2.75) is 44.0 Å². The van der Waals surface area contributed by atoms with Crippen molar-refractivity contribution in [1.82, 2.24) is 5.32 Å². The molecule has 6 N–H and O–H groups in total. The lowest BCUT2D eigenvalue weighted by atomic mass is 9.78. The van der Waals surface area contributed by atoms with E-state index in [1.54, 1.807) is 0 Å². The molecular formula is C12H23BN2O4. The van der Waals surface area contributed by atoms with E-state index in [0.717, 1.165) is 25.9 Å². The van der Waals surface area contributed by atoms with Crippen LogP contribution < -0.4 is 11.1 Å². The predicted molar refractivity (Wildman–Crippen MR) is 71.4 cm³/mol. The van der Waals surface area contributed by atoms with Crippen LogP contribution in [0.2, 0.25) is 6.32 Å². The molecule has 0 aromatic carbocycles. The van der Waals surface area contributed by atoms with Crippen LogP contribution in [0.15, 0.2) is 0 Å². The maximum Gasteiger partial charge on any atom is 0.451 e. The van der Waals surface area contributed by atoms with Gasteiger partial charge in [-0.25, -0.2) is 0 Å². The fourth-order valence-electron chi connectivity index (χ4n) is 3.82. The van der Waals surface area contributed by atoms with Crippen molar-refractivity contribution in [3.05, 3.63) is 0 Å². The van der Waals surface area contributed by atoms with Crippen LogP contribution >= 0.6 is 0 Å². The normalized spacial score (nSPS) is 37.9. The number of carbonyl (C=O) groups is 1. The van der Waals surface area contributed by atoms with E-state index in [1.807, 2.05) is 0 Å². The number of aliphatic carboxylic acids is 1. The molecule has 0 bridgehead atoms. The summed E-state index contributed by atoms with van der Waals surface area (Å²) in [5.74, 6) is -1.01. The maximum absolute atomic E-state index is 11.5. The number of carboxylic acid groups (broad SMARTS) is 1. The quantitative estimate of drug-likeness (QED) is 0.426. The second kappa shape index (κ2) is 5.40. The molecule has 2 fully saturated rings. The van der Waals surface area contributed by atoms with Gasteiger partial charge in [-0.1, -0.05) is 6.42 Å². The molecule has 1 spiro atoms. The zero-order valence-corrected chi connectivity index (χ0v) is 11.1. The second-order valence-electron chi connectivity index (χ2n) is 6.26. The SMILES string of the molecule is NC1(C(=O)O)CC2(CCNC2)CC1CCCB(O)O. The first-order valence-electron chi connectivity index (χ1n) is 6.97. The van der Waals surface area contributed by atoms with E-state index in [1.165, 1.54) is 0 Å². The third-order valence-corrected chi connectivity index (χ3v) is 4.82. The number of nitrogens with two attached hydrogens (primary N) is 1. The third-order valence-electron chi connectivity index (χ3n) is 4.82. The third kappa shape index (κ3) is 2.94. The molecule has 1 saturated heterocycles. The molecule has 2 aliphatic rings. The van der Waals surface area contributed by atoms with Crippen molar-refractivity contribution in [2.75, 3.05) is 13.1 Å². The fourth-order valence-corrected chi connectivity index (χ4v) is 3.82. The highest BCUT2D eigenvalue weighted by Gasteiger charge is 2.56. The highest BCUT2D eigenvalue weighted by atomic mass is 16.4. The van der Waals surface area contributed by atoms with Gasteiger partial charge in [0.15, 0.2) is 0 Å². The Morgan fingerprint density at radius 1 is 1.47 bits per heavy atom. The average Bonchev–Trinajstić information content (AvgIpc) is 2.86. The van der Waals surface area contributed by atoms with Gasteiger partial charge in [0.25, 0.3) is 0 Å². The van der Waals surface area contributed by atoms with Gasteiger partial charge in [0, 0.05) is 6.54 Å². The van der Waals surface area contributed by atoms with Crippen LogP contribution in [0.1, 0.15) is 32.1 Å². The van der Waals surface area contributed by atoms with Crippen molar-refractivity contribution in [3.63, 3.8) is 0 Å². The molecular weight excluding hydrogens is 247 g/mol. The van der Waals surface area contributed by atoms with E-state index in [4.69, 9.17) is 15.8 Å². The van der Waals surface area contributed by atoms with Gasteiger partial charge in [-0.05, 0) is 49.9 Å². The van der Waals surface area contributed by atoms with Crippen LogP contribution in [-0.4, -0.2) is 46.9 Å². The number of hydrogen-bond acceptors (Lipinski definition) is 5. The van der Waals surface area contributed by atoms with E-state index >= 15 is 0 Å². The van der Waals surface area contributed by atoms with Crippen LogP contribution in [0.25, 0.3) is 0 Å². The molecule has 2 rings (SSSR count). The minimum atomic E-state index is -1.32. The first kappa shape index (κ1) is 14.8. The highest BCUT2D eigenvalue weighted by Crippen LogP contribution is 2.51. The van der Waals surface area contributed by atoms with E-state index < -0.39 is 18.6 Å². The molecule has 3 atom stereocenters. The Bertz CT molecular complexity index is 347. The number of carboxylic acids is 1. The second-order valence-corrected chi connectivity index (χ2v) is 6.26. The largest absolute Gasteiger partial charge is 0.480 e. The van der Waals surface area contributed by atoms with Crippen LogP contribution in [0.4, 0.5) is 0 Å². The summed E-state index contributed by atoms with van der Waals surface area (Å²) >= 11 is 0. The molecule has 0 radical (unpaired) electrons. The van der Waals surface area contributed by atoms with Gasteiger partial charge in [-0.3, -0.25) is 4.79 Å². The zero-order valence-electron chi connectivity index (χ0n) is 11.1. The Balaban J connectivity index is 2.04. The first-order chi connectivity index (χ1) is 8.88. The van der Waals surface area contributed by atoms with Gasteiger partial charge in [0.2, 0.25) is 0 Å². The van der Waals surface area contributed by atoms with Gasteiger partial charge in [-0.15, -0.1) is 0 Å². The molecule has 7 heteroatoms. The summed E-state index contributed by atoms with van der Waals surface area (Å²) in [5.41, 5.74) is 5.03. The predicted octanol–water partition coefficient (Wildman–Crippen LogP) is -0.589. The molecule has 19 heavy (non-hydrogen) atoms. The lowest BCUT2D eigenvalue weighted by Gasteiger charge is -2.27. The van der Waals surface area contributed by atoms with Gasteiger partial charge in [0.05, 0.1) is 0 Å². The Kier molecular flexibility index (Phi) is 4.20. The fraction of sp³-hybridized carbons (Fsp3) is 0.917. The van der Waals surface area contributed by atoms with Gasteiger partial charge in [-0.2, -0.15) is 0 Å². The van der Waals surface area contributed by atoms with Crippen LogP contribution in [0.3, 0.4) is 0 Å². The molecule has 1 aliphatic carbocycles. The molecule has 0 aromatic heterocycles. The first-order valence-corrected chi connectivity index (χ1v) is 6.97. The van der Waals surface area contributed by atoms with E-state index in [9.17, 15) is 9.90 Å². The monoisotopic (exact) mass is 270 g/mol. The highest BCUT2D eigenvalue weighted by molar-refractivity contribution is 6.40. The minimum Gasteiger partial charge on any atom is -0.480 e. The summed E-state index contributed by atoms with van der Waals surface area (Å²) in [5, 5.41) is 30.5. The Morgan fingerprint density at radius 2 is 2.21 bits per heavy atom. The van der Waals surface area contributed by atoms with E-state index in [0.29, 0.717) is 19.3 Å². The Labute approximate surface area is 113 Å². The van der Waals surface area contributed by atoms with Crippen molar-refractivity contribution >= 4 is 13.1 Å². The van der Waals surface area contributed by atoms with E-state index in [-0.39, 0.29) is 17.7 Å². The molecule has 108 valence electrons. The lowest BCUT2D eigenvalue weighted by molar-refractivity contribution is -0.145. The number of nitrogens with one attached hydrogen (secondary N) is 1. The standard InChI is InChI=1S/C12H23BN2O4/c14-12(10(16)17)7-11(3-5-15-8-11)6-9(12)2-1-4-13(18)19/h9,15,18-19H,1-8,14H2,(H,16,17). The summed E-state index contributed by atoms with van der Waals surface area (Å²) in [6, 6.07) is 0. The Morgan fingerprint density at radius 3 is 2.74 bits per heavy atom. The molecule has 1 saturated carbocycles. The van der Waals surface area contributed by atoms with Crippen molar-refractivity contribution < 1.29 is 19.9 Å². The zero-order chi connectivity index (χ0) is 14.1. The summed E-state index contributed by atoms with van der Waals surface area (Å²) in [6.45, 7) is 1.77. The summed E-state index contributed by atoms with van der Waals surface area (Å²) in [4.78, 5) is 11.5. The smallest absolute Gasteiger partial charge is 0.451 e. The van der Waals surface area contributed by atoms with E-state index in [2.05, 4.69) is 5.32 Å². The number of hydrogen-bond donors (Lipinski definition) is 5. The summed E-state index contributed by atoms with van der Waals surface area (Å²) in [7, 11) is -1.32. The maximum atomic E-state index is 11.5. The number of rotatable bonds is 5.